The van der Waals surface area contributed by atoms with Crippen molar-refractivity contribution in [1.82, 2.24) is 29.3 Å². The Balaban J connectivity index is 1.20. The molecule has 0 aliphatic carbocycles. The summed E-state index contributed by atoms with van der Waals surface area (Å²) in [6, 6.07) is 10.6. The van der Waals surface area contributed by atoms with Gasteiger partial charge in [-0.15, -0.1) is 0 Å². The van der Waals surface area contributed by atoms with E-state index in [-0.39, 0.29) is 6.10 Å². The van der Waals surface area contributed by atoms with E-state index in [4.69, 9.17) is 35.8 Å². The molecule has 9 nitrogen and oxygen atoms in total. The molecule has 0 saturated heterocycles. The molecular formula is C31H35ClN6O3Si. The quantitative estimate of drug-likeness (QED) is 0.0893. The standard InChI is InChI=1S/C31H35ClN6O3Si/c1-21-35-25-8-7-24(16-28(25)38(21)20-39-14-15-42(2,3)4)41-29-10-9-26-31(30(29)32)36-27(18-33-26)22-17-34-37(19-22)12-11-23-6-5-13-40-23/h5-10,16-19,23H,11-15,20H2,1-4H3. The fourth-order valence-corrected chi connectivity index (χ4v) is 5.85. The maximum absolute atomic E-state index is 6.85. The molecule has 5 aromatic rings. The van der Waals surface area contributed by atoms with Gasteiger partial charge in [-0.2, -0.15) is 5.10 Å². The fourth-order valence-electron chi connectivity index (χ4n) is 4.85. The molecular weight excluding hydrogens is 568 g/mol. The first kappa shape index (κ1) is 28.5. The van der Waals surface area contributed by atoms with Gasteiger partial charge in [-0.1, -0.05) is 43.4 Å². The van der Waals surface area contributed by atoms with Gasteiger partial charge in [0.15, 0.2) is 0 Å². The highest BCUT2D eigenvalue weighted by Gasteiger charge is 2.16. The zero-order valence-electron chi connectivity index (χ0n) is 24.4. The van der Waals surface area contributed by atoms with E-state index in [9.17, 15) is 0 Å². The Kier molecular flexibility index (Phi) is 8.13. The number of halogens is 1. The summed E-state index contributed by atoms with van der Waals surface area (Å²) in [4.78, 5) is 14.1. The van der Waals surface area contributed by atoms with Gasteiger partial charge >= 0.3 is 0 Å². The predicted octanol–water partition coefficient (Wildman–Crippen LogP) is 7.25. The van der Waals surface area contributed by atoms with Crippen molar-refractivity contribution < 1.29 is 14.2 Å². The molecule has 218 valence electrons. The lowest BCUT2D eigenvalue weighted by molar-refractivity contribution is 0.0885. The zero-order chi connectivity index (χ0) is 29.3. The Morgan fingerprint density at radius 2 is 1.95 bits per heavy atom. The van der Waals surface area contributed by atoms with Gasteiger partial charge in [0.05, 0.1) is 47.3 Å². The highest BCUT2D eigenvalue weighted by atomic mass is 35.5. The predicted molar refractivity (Wildman–Crippen MR) is 168 cm³/mol. The van der Waals surface area contributed by atoms with Crippen LogP contribution in [0.4, 0.5) is 0 Å². The molecule has 6 rings (SSSR count). The zero-order valence-corrected chi connectivity index (χ0v) is 26.1. The van der Waals surface area contributed by atoms with E-state index >= 15 is 0 Å². The van der Waals surface area contributed by atoms with E-state index in [1.807, 2.05) is 54.2 Å². The third kappa shape index (κ3) is 6.41. The number of imidazole rings is 1. The van der Waals surface area contributed by atoms with Crippen LogP contribution in [0.25, 0.3) is 33.3 Å². The van der Waals surface area contributed by atoms with E-state index < -0.39 is 8.07 Å². The number of hydrogen-bond acceptors (Lipinski definition) is 7. The molecule has 0 N–H and O–H groups in total. The van der Waals surface area contributed by atoms with Crippen molar-refractivity contribution in [2.24, 2.45) is 0 Å². The number of aryl methyl sites for hydroxylation is 2. The number of aromatic nitrogens is 6. The van der Waals surface area contributed by atoms with Gasteiger partial charge < -0.3 is 18.8 Å². The summed E-state index contributed by atoms with van der Waals surface area (Å²) in [5.41, 5.74) is 4.66. The van der Waals surface area contributed by atoms with Crippen LogP contribution in [0.5, 0.6) is 11.5 Å². The maximum Gasteiger partial charge on any atom is 0.148 e. The Labute approximate surface area is 251 Å². The summed E-state index contributed by atoms with van der Waals surface area (Å²) in [6.07, 6.45) is 10.7. The van der Waals surface area contributed by atoms with Gasteiger partial charge in [0, 0.05) is 39.1 Å². The van der Waals surface area contributed by atoms with Crippen molar-refractivity contribution in [1.29, 1.82) is 0 Å². The van der Waals surface area contributed by atoms with Crippen molar-refractivity contribution >= 4 is 41.7 Å². The third-order valence-electron chi connectivity index (χ3n) is 7.30. The van der Waals surface area contributed by atoms with E-state index in [2.05, 4.69) is 40.4 Å². The Hall–Kier alpha value is -3.57. The van der Waals surface area contributed by atoms with Gasteiger partial charge in [0.1, 0.15) is 34.6 Å². The normalized spacial score (nSPS) is 15.3. The maximum atomic E-state index is 6.85. The molecule has 0 amide bonds. The smallest absolute Gasteiger partial charge is 0.148 e. The van der Waals surface area contributed by atoms with Crippen LogP contribution in [0.2, 0.25) is 30.7 Å². The minimum Gasteiger partial charge on any atom is -0.456 e. The number of hydrogen-bond donors (Lipinski definition) is 0. The monoisotopic (exact) mass is 602 g/mol. The number of ether oxygens (including phenoxy) is 3. The molecule has 0 radical (unpaired) electrons. The van der Waals surface area contributed by atoms with Crippen LogP contribution in [0.15, 0.2) is 61.1 Å². The molecule has 3 aromatic heterocycles. The lowest BCUT2D eigenvalue weighted by atomic mass is 10.2. The minimum absolute atomic E-state index is 0.147. The van der Waals surface area contributed by atoms with Gasteiger partial charge in [0.25, 0.3) is 0 Å². The second-order valence-electron chi connectivity index (χ2n) is 11.8. The molecule has 0 saturated carbocycles. The number of fused-ring (bicyclic) bond motifs is 2. The third-order valence-corrected chi connectivity index (χ3v) is 9.37. The van der Waals surface area contributed by atoms with Crippen LogP contribution >= 0.6 is 11.6 Å². The summed E-state index contributed by atoms with van der Waals surface area (Å²) in [5.74, 6) is 2.05. The number of rotatable bonds is 11. The first-order valence-electron chi connectivity index (χ1n) is 14.2. The largest absolute Gasteiger partial charge is 0.456 e. The average molecular weight is 603 g/mol. The van der Waals surface area contributed by atoms with Crippen LogP contribution in [0.1, 0.15) is 12.2 Å². The molecule has 4 heterocycles. The van der Waals surface area contributed by atoms with Crippen LogP contribution in [-0.2, 0) is 22.7 Å². The van der Waals surface area contributed by atoms with Crippen LogP contribution < -0.4 is 4.74 Å². The minimum atomic E-state index is -1.16. The second-order valence-corrected chi connectivity index (χ2v) is 17.8. The van der Waals surface area contributed by atoms with Crippen molar-refractivity contribution in [3.05, 3.63) is 71.9 Å². The summed E-state index contributed by atoms with van der Waals surface area (Å²) in [7, 11) is -1.16. The van der Waals surface area contributed by atoms with Crippen LogP contribution in [0.3, 0.4) is 0 Å². The van der Waals surface area contributed by atoms with E-state index in [0.717, 1.165) is 48.0 Å². The van der Waals surface area contributed by atoms with Gasteiger partial charge in [-0.3, -0.25) is 9.67 Å². The van der Waals surface area contributed by atoms with Gasteiger partial charge in [-0.05, 0) is 43.7 Å². The summed E-state index contributed by atoms with van der Waals surface area (Å²) in [6.45, 7) is 11.7. The number of benzene rings is 2. The van der Waals surface area contributed by atoms with Crippen molar-refractivity contribution in [2.45, 2.75) is 58.4 Å². The highest BCUT2D eigenvalue weighted by molar-refractivity contribution is 6.76. The van der Waals surface area contributed by atoms with Crippen molar-refractivity contribution in [3.63, 3.8) is 0 Å². The van der Waals surface area contributed by atoms with Crippen LogP contribution in [0, 0.1) is 6.92 Å². The summed E-state index contributed by atoms with van der Waals surface area (Å²) >= 11 is 6.85. The summed E-state index contributed by atoms with van der Waals surface area (Å²) < 4.78 is 21.9. The Morgan fingerprint density at radius 1 is 1.10 bits per heavy atom. The molecule has 0 fully saturated rings. The molecule has 0 bridgehead atoms. The first-order valence-corrected chi connectivity index (χ1v) is 18.3. The highest BCUT2D eigenvalue weighted by Crippen LogP contribution is 2.36. The average Bonchev–Trinajstić information content (AvgIpc) is 3.72. The lowest BCUT2D eigenvalue weighted by Gasteiger charge is -2.16. The van der Waals surface area contributed by atoms with E-state index in [1.165, 1.54) is 0 Å². The van der Waals surface area contributed by atoms with Crippen LogP contribution in [-0.4, -0.2) is 56.7 Å². The van der Waals surface area contributed by atoms with Crippen molar-refractivity contribution in [3.8, 4) is 22.8 Å². The van der Waals surface area contributed by atoms with Gasteiger partial charge in [0.2, 0.25) is 0 Å². The van der Waals surface area contributed by atoms with Gasteiger partial charge in [-0.25, -0.2) is 9.97 Å². The van der Waals surface area contributed by atoms with Crippen molar-refractivity contribution in [2.75, 3.05) is 13.2 Å². The summed E-state index contributed by atoms with van der Waals surface area (Å²) in [5, 5.41) is 4.90. The fraction of sp³-hybridized carbons (Fsp3) is 0.355. The molecule has 2 aromatic carbocycles. The first-order chi connectivity index (χ1) is 20.2. The van der Waals surface area contributed by atoms with E-state index in [0.29, 0.717) is 46.6 Å². The number of nitrogens with zero attached hydrogens (tertiary/aromatic N) is 6. The van der Waals surface area contributed by atoms with E-state index in [1.54, 1.807) is 12.4 Å². The molecule has 1 aliphatic heterocycles. The second kappa shape index (κ2) is 12.0. The molecule has 1 unspecified atom stereocenters. The molecule has 1 aliphatic rings. The molecule has 1 atom stereocenters. The molecule has 11 heteroatoms. The topological polar surface area (TPSA) is 89.1 Å². The molecule has 42 heavy (non-hydrogen) atoms. The lowest BCUT2D eigenvalue weighted by Crippen LogP contribution is -2.22. The Morgan fingerprint density at radius 3 is 2.76 bits per heavy atom. The molecule has 0 spiro atoms. The SMILES string of the molecule is Cc1nc2ccc(Oc3ccc4ncc(-c5cnn(CCC6C=CCO6)c5)nc4c3Cl)cc2n1COCC[Si](C)(C)C. The Bertz CT molecular complexity index is 1760.